The summed E-state index contributed by atoms with van der Waals surface area (Å²) in [6.07, 6.45) is 1.26. The predicted molar refractivity (Wildman–Crippen MR) is 49.1 cm³/mol. The second kappa shape index (κ2) is 4.41. The van der Waals surface area contributed by atoms with Crippen molar-refractivity contribution in [3.8, 4) is 11.5 Å². The van der Waals surface area contributed by atoms with E-state index in [9.17, 15) is 9.59 Å². The first kappa shape index (κ1) is 11.0. The fraction of sp³-hybridized carbons (Fsp3) is 0.222. The topological polar surface area (TPSA) is 85.7 Å². The summed E-state index contributed by atoms with van der Waals surface area (Å²) < 4.78 is 9.58. The van der Waals surface area contributed by atoms with E-state index in [1.54, 1.807) is 0 Å². The summed E-state index contributed by atoms with van der Waals surface area (Å²) in [5, 5.41) is 8.79. The highest BCUT2D eigenvalue weighted by Crippen LogP contribution is 2.29. The number of esters is 1. The number of carbonyl (C=O) groups is 2. The number of aromatic nitrogens is 1. The molecule has 1 heterocycles. The van der Waals surface area contributed by atoms with E-state index in [0.29, 0.717) is 0 Å². The highest BCUT2D eigenvalue weighted by atomic mass is 16.6. The summed E-state index contributed by atoms with van der Waals surface area (Å²) >= 11 is 0. The van der Waals surface area contributed by atoms with Gasteiger partial charge in [0.05, 0.1) is 7.11 Å². The zero-order valence-corrected chi connectivity index (χ0v) is 8.18. The van der Waals surface area contributed by atoms with Gasteiger partial charge in [0, 0.05) is 19.2 Å². The number of hydrogen-bond donors (Lipinski definition) is 1. The average Bonchev–Trinajstić information content (AvgIpc) is 2.16. The molecule has 1 N–H and O–H groups in total. The van der Waals surface area contributed by atoms with Gasteiger partial charge in [-0.2, -0.15) is 0 Å². The molecule has 1 aromatic heterocycles. The van der Waals surface area contributed by atoms with Crippen molar-refractivity contribution in [2.24, 2.45) is 0 Å². The first-order chi connectivity index (χ1) is 7.06. The van der Waals surface area contributed by atoms with Crippen LogP contribution >= 0.6 is 0 Å². The molecule has 0 aliphatic rings. The zero-order valence-electron chi connectivity index (χ0n) is 8.18. The number of carboxylic acid groups (broad SMARTS) is 1. The molecular weight excluding hydrogens is 202 g/mol. The van der Waals surface area contributed by atoms with E-state index < -0.39 is 11.9 Å². The molecule has 0 fully saturated rings. The van der Waals surface area contributed by atoms with Gasteiger partial charge in [0.25, 0.3) is 0 Å². The molecule has 0 aliphatic carbocycles. The molecule has 0 unspecified atom stereocenters. The number of hydrogen-bond acceptors (Lipinski definition) is 5. The van der Waals surface area contributed by atoms with Gasteiger partial charge < -0.3 is 14.6 Å². The minimum atomic E-state index is -1.29. The molecule has 15 heavy (non-hydrogen) atoms. The van der Waals surface area contributed by atoms with Crippen LogP contribution in [0, 0.1) is 0 Å². The van der Waals surface area contributed by atoms with Crippen molar-refractivity contribution < 1.29 is 24.2 Å². The van der Waals surface area contributed by atoms with E-state index in [2.05, 4.69) is 4.98 Å². The van der Waals surface area contributed by atoms with Crippen LogP contribution in [0.2, 0.25) is 0 Å². The van der Waals surface area contributed by atoms with E-state index in [4.69, 9.17) is 14.6 Å². The van der Waals surface area contributed by atoms with Crippen molar-refractivity contribution >= 4 is 11.9 Å². The second-order valence-corrected chi connectivity index (χ2v) is 2.59. The quantitative estimate of drug-likeness (QED) is 0.741. The van der Waals surface area contributed by atoms with Gasteiger partial charge in [-0.3, -0.25) is 4.79 Å². The van der Waals surface area contributed by atoms with Crippen LogP contribution in [0.25, 0.3) is 0 Å². The van der Waals surface area contributed by atoms with Crippen molar-refractivity contribution in [3.63, 3.8) is 0 Å². The maximum absolute atomic E-state index is 10.8. The van der Waals surface area contributed by atoms with Gasteiger partial charge in [-0.05, 0) is 0 Å². The summed E-state index contributed by atoms with van der Waals surface area (Å²) in [5.74, 6) is -1.95. The molecule has 1 rings (SSSR count). The van der Waals surface area contributed by atoms with Gasteiger partial charge in [0.2, 0.25) is 5.75 Å². The molecule has 0 saturated carbocycles. The van der Waals surface area contributed by atoms with Crippen molar-refractivity contribution in [3.05, 3.63) is 18.0 Å². The highest BCUT2D eigenvalue weighted by molar-refractivity contribution is 5.90. The van der Waals surface area contributed by atoms with Gasteiger partial charge in [0.1, 0.15) is 0 Å². The van der Waals surface area contributed by atoms with Crippen LogP contribution in [0.15, 0.2) is 12.3 Å². The first-order valence-corrected chi connectivity index (χ1v) is 4.01. The van der Waals surface area contributed by atoms with Crippen LogP contribution in [-0.4, -0.2) is 29.1 Å². The molecule has 0 aliphatic heterocycles. The van der Waals surface area contributed by atoms with Crippen LogP contribution in [0.3, 0.4) is 0 Å². The number of carboxylic acids is 1. The maximum atomic E-state index is 10.8. The molecular formula is C9H9NO5. The van der Waals surface area contributed by atoms with Gasteiger partial charge in [-0.1, -0.05) is 0 Å². The molecule has 6 nitrogen and oxygen atoms in total. The molecule has 80 valence electrons. The summed E-state index contributed by atoms with van der Waals surface area (Å²) in [4.78, 5) is 25.1. The Hall–Kier alpha value is -2.11. The van der Waals surface area contributed by atoms with Crippen LogP contribution in [0.5, 0.6) is 11.5 Å². The number of methoxy groups -OCH3 is 1. The zero-order chi connectivity index (χ0) is 11.4. The van der Waals surface area contributed by atoms with Gasteiger partial charge in [0.15, 0.2) is 11.4 Å². The summed E-state index contributed by atoms with van der Waals surface area (Å²) in [7, 11) is 1.34. The van der Waals surface area contributed by atoms with Crippen molar-refractivity contribution in [1.82, 2.24) is 4.98 Å². The maximum Gasteiger partial charge on any atom is 0.358 e. The molecule has 0 amide bonds. The van der Waals surface area contributed by atoms with Crippen molar-refractivity contribution in [2.75, 3.05) is 7.11 Å². The Morgan fingerprint density at radius 3 is 2.60 bits per heavy atom. The van der Waals surface area contributed by atoms with Gasteiger partial charge in [-0.25, -0.2) is 9.78 Å². The standard InChI is InChI=1S/C9H9NO5/c1-5(11)15-8-6(14-2)3-4-10-7(8)9(12)13/h3-4H,1-2H3,(H,12,13). The molecule has 0 radical (unpaired) electrons. The van der Waals surface area contributed by atoms with E-state index in [1.807, 2.05) is 0 Å². The summed E-state index contributed by atoms with van der Waals surface area (Å²) in [6, 6.07) is 1.41. The lowest BCUT2D eigenvalue weighted by Gasteiger charge is -2.08. The Bertz CT molecular complexity index is 401. The number of rotatable bonds is 3. The predicted octanol–water partition coefficient (Wildman–Crippen LogP) is 0.714. The molecule has 0 atom stereocenters. The third-order valence-electron chi connectivity index (χ3n) is 1.54. The van der Waals surface area contributed by atoms with Crippen molar-refractivity contribution in [2.45, 2.75) is 6.92 Å². The molecule has 1 aromatic rings. The van der Waals surface area contributed by atoms with E-state index in [-0.39, 0.29) is 17.2 Å². The second-order valence-electron chi connectivity index (χ2n) is 2.59. The van der Waals surface area contributed by atoms with Crippen molar-refractivity contribution in [1.29, 1.82) is 0 Å². The fourth-order valence-electron chi connectivity index (χ4n) is 0.986. The smallest absolute Gasteiger partial charge is 0.358 e. The lowest BCUT2D eigenvalue weighted by molar-refractivity contribution is -0.132. The Morgan fingerprint density at radius 2 is 2.13 bits per heavy atom. The lowest BCUT2D eigenvalue weighted by atomic mass is 10.3. The number of aromatic carboxylic acids is 1. The average molecular weight is 211 g/mol. The van der Waals surface area contributed by atoms with Crippen LogP contribution in [0.4, 0.5) is 0 Å². The first-order valence-electron chi connectivity index (χ1n) is 4.01. The van der Waals surface area contributed by atoms with E-state index in [1.165, 1.54) is 19.4 Å². The Morgan fingerprint density at radius 1 is 1.47 bits per heavy atom. The van der Waals surface area contributed by atoms with Gasteiger partial charge >= 0.3 is 11.9 Å². The van der Waals surface area contributed by atoms with Crippen LogP contribution in [-0.2, 0) is 4.79 Å². The number of pyridine rings is 1. The van der Waals surface area contributed by atoms with E-state index >= 15 is 0 Å². The Balaban J connectivity index is 3.26. The number of nitrogens with zero attached hydrogens (tertiary/aromatic N) is 1. The summed E-state index contributed by atoms with van der Waals surface area (Å²) in [6.45, 7) is 1.16. The Kier molecular flexibility index (Phi) is 3.22. The normalized spacial score (nSPS) is 9.47. The minimum absolute atomic E-state index is 0.151. The minimum Gasteiger partial charge on any atom is -0.493 e. The SMILES string of the molecule is COc1ccnc(C(=O)O)c1OC(C)=O. The fourth-order valence-corrected chi connectivity index (χ4v) is 0.986. The molecule has 0 bridgehead atoms. The van der Waals surface area contributed by atoms with E-state index in [0.717, 1.165) is 6.92 Å². The molecule has 6 heteroatoms. The molecule has 0 spiro atoms. The summed E-state index contributed by atoms with van der Waals surface area (Å²) in [5.41, 5.74) is -0.357. The Labute approximate surface area is 85.5 Å². The monoisotopic (exact) mass is 211 g/mol. The highest BCUT2D eigenvalue weighted by Gasteiger charge is 2.19. The molecule has 0 aromatic carbocycles. The third kappa shape index (κ3) is 2.43. The number of carbonyl (C=O) groups excluding carboxylic acids is 1. The lowest BCUT2D eigenvalue weighted by Crippen LogP contribution is -2.10. The van der Waals surface area contributed by atoms with Crippen LogP contribution in [0.1, 0.15) is 17.4 Å². The van der Waals surface area contributed by atoms with Gasteiger partial charge in [-0.15, -0.1) is 0 Å². The third-order valence-corrected chi connectivity index (χ3v) is 1.54. The number of ether oxygens (including phenoxy) is 2. The molecule has 0 saturated heterocycles. The largest absolute Gasteiger partial charge is 0.493 e. The van der Waals surface area contributed by atoms with Crippen LogP contribution < -0.4 is 9.47 Å².